The van der Waals surface area contributed by atoms with Crippen LogP contribution in [0.2, 0.25) is 5.02 Å². The second-order valence-electron chi connectivity index (χ2n) is 6.51. The molecule has 0 atom stereocenters. The molecule has 2 aromatic heterocycles. The van der Waals surface area contributed by atoms with Gasteiger partial charge in [-0.05, 0) is 17.7 Å². The Morgan fingerprint density at radius 1 is 1.14 bits per heavy atom. The third kappa shape index (κ3) is 4.06. The summed E-state index contributed by atoms with van der Waals surface area (Å²) in [4.78, 5) is 29.8. The van der Waals surface area contributed by atoms with E-state index < -0.39 is 0 Å². The number of halogens is 1. The number of carbonyl (C=O) groups excluding carboxylic acids is 1. The molecule has 6 nitrogen and oxygen atoms in total. The molecule has 0 saturated heterocycles. The maximum atomic E-state index is 12.7. The number of amides is 1. The van der Waals surface area contributed by atoms with Gasteiger partial charge in [0.2, 0.25) is 0 Å². The summed E-state index contributed by atoms with van der Waals surface area (Å²) in [5, 5.41) is 8.04. The van der Waals surface area contributed by atoms with E-state index in [-0.39, 0.29) is 17.9 Å². The van der Waals surface area contributed by atoms with Gasteiger partial charge in [-0.3, -0.25) is 9.59 Å². The Bertz CT molecular complexity index is 1340. The number of carbonyl (C=O) groups is 1. The lowest BCUT2D eigenvalue weighted by atomic mass is 10.1. The van der Waals surface area contributed by atoms with Gasteiger partial charge in [0.25, 0.3) is 11.5 Å². The predicted molar refractivity (Wildman–Crippen MR) is 114 cm³/mol. The third-order valence-electron chi connectivity index (χ3n) is 4.53. The van der Waals surface area contributed by atoms with Crippen molar-refractivity contribution in [3.05, 3.63) is 91.5 Å². The number of thiazole rings is 1. The molecule has 146 valence electrons. The fraction of sp³-hybridized carbons (Fsp3) is 0.143. The maximum absolute atomic E-state index is 12.7. The number of aromatic nitrogens is 3. The molecule has 0 unspecified atom stereocenters. The zero-order valence-electron chi connectivity index (χ0n) is 15.6. The Morgan fingerprint density at radius 2 is 1.86 bits per heavy atom. The second kappa shape index (κ2) is 8.14. The maximum Gasteiger partial charge on any atom is 0.274 e. The smallest absolute Gasteiger partial charge is 0.274 e. The van der Waals surface area contributed by atoms with Gasteiger partial charge in [0.05, 0.1) is 24.0 Å². The van der Waals surface area contributed by atoms with Crippen LogP contribution in [0.1, 0.15) is 11.3 Å². The van der Waals surface area contributed by atoms with E-state index in [9.17, 15) is 9.59 Å². The van der Waals surface area contributed by atoms with Gasteiger partial charge in [-0.25, -0.2) is 4.68 Å². The highest BCUT2D eigenvalue weighted by Crippen LogP contribution is 2.16. The van der Waals surface area contributed by atoms with Crippen molar-refractivity contribution in [1.29, 1.82) is 0 Å². The second-order valence-corrected chi connectivity index (χ2v) is 7.79. The number of aryl methyl sites for hydroxylation is 1. The average Bonchev–Trinajstić information content (AvgIpc) is 3.14. The summed E-state index contributed by atoms with van der Waals surface area (Å²) in [6, 6.07) is 14.7. The molecule has 0 spiro atoms. The first-order valence-electron chi connectivity index (χ1n) is 8.93. The molecule has 0 bridgehead atoms. The molecule has 0 N–H and O–H groups in total. The van der Waals surface area contributed by atoms with Gasteiger partial charge >= 0.3 is 0 Å². The minimum atomic E-state index is -0.323. The SMILES string of the molecule is Cn1nc(CC(=O)N=c2sccn2Cc2ccccc2Cl)c2ccccc2c1=O. The van der Waals surface area contributed by atoms with E-state index in [4.69, 9.17) is 11.6 Å². The highest BCUT2D eigenvalue weighted by atomic mass is 35.5. The highest BCUT2D eigenvalue weighted by Gasteiger charge is 2.12. The summed E-state index contributed by atoms with van der Waals surface area (Å²) in [7, 11) is 1.58. The van der Waals surface area contributed by atoms with Crippen molar-refractivity contribution in [3.63, 3.8) is 0 Å². The van der Waals surface area contributed by atoms with Crippen molar-refractivity contribution >= 4 is 39.6 Å². The topological polar surface area (TPSA) is 69.2 Å². The summed E-state index contributed by atoms with van der Waals surface area (Å²) >= 11 is 7.63. The lowest BCUT2D eigenvalue weighted by molar-refractivity contribution is -0.117. The normalized spacial score (nSPS) is 11.9. The predicted octanol–water partition coefficient (Wildman–Crippen LogP) is 3.17. The molecule has 2 aromatic carbocycles. The van der Waals surface area contributed by atoms with E-state index in [1.807, 2.05) is 46.5 Å². The summed E-state index contributed by atoms with van der Waals surface area (Å²) in [5.74, 6) is -0.323. The van der Waals surface area contributed by atoms with Crippen molar-refractivity contribution in [2.45, 2.75) is 13.0 Å². The van der Waals surface area contributed by atoms with Crippen molar-refractivity contribution in [2.75, 3.05) is 0 Å². The fourth-order valence-corrected chi connectivity index (χ4v) is 4.05. The molecule has 0 fully saturated rings. The van der Waals surface area contributed by atoms with E-state index in [0.717, 1.165) is 5.56 Å². The van der Waals surface area contributed by atoms with Crippen molar-refractivity contribution in [2.24, 2.45) is 12.0 Å². The fourth-order valence-electron chi connectivity index (χ4n) is 3.11. The average molecular weight is 425 g/mol. The highest BCUT2D eigenvalue weighted by molar-refractivity contribution is 7.07. The summed E-state index contributed by atoms with van der Waals surface area (Å²) in [6.07, 6.45) is 1.89. The number of fused-ring (bicyclic) bond motifs is 1. The first-order valence-corrected chi connectivity index (χ1v) is 10.2. The summed E-state index contributed by atoms with van der Waals surface area (Å²) in [5.41, 5.74) is 1.29. The van der Waals surface area contributed by atoms with E-state index >= 15 is 0 Å². The lowest BCUT2D eigenvalue weighted by Crippen LogP contribution is -2.23. The zero-order valence-corrected chi connectivity index (χ0v) is 17.2. The van der Waals surface area contributed by atoms with Crippen molar-refractivity contribution < 1.29 is 4.79 Å². The summed E-state index contributed by atoms with van der Waals surface area (Å²) < 4.78 is 3.14. The van der Waals surface area contributed by atoms with Crippen LogP contribution < -0.4 is 10.4 Å². The largest absolute Gasteiger partial charge is 0.319 e. The molecular weight excluding hydrogens is 408 g/mol. The van der Waals surface area contributed by atoms with Crippen LogP contribution in [0.3, 0.4) is 0 Å². The molecule has 4 rings (SSSR count). The number of hydrogen-bond acceptors (Lipinski definition) is 4. The first kappa shape index (κ1) is 19.3. The van der Waals surface area contributed by atoms with Crippen LogP contribution in [-0.2, 0) is 24.8 Å². The number of rotatable bonds is 4. The molecule has 0 saturated carbocycles. The molecule has 1 amide bonds. The molecule has 4 aromatic rings. The Kier molecular flexibility index (Phi) is 5.42. The van der Waals surface area contributed by atoms with E-state index in [1.165, 1.54) is 16.0 Å². The molecule has 29 heavy (non-hydrogen) atoms. The van der Waals surface area contributed by atoms with Crippen LogP contribution in [0.25, 0.3) is 10.8 Å². The molecular formula is C21H17ClN4O2S. The van der Waals surface area contributed by atoms with Crippen LogP contribution in [0.5, 0.6) is 0 Å². The molecule has 0 radical (unpaired) electrons. The van der Waals surface area contributed by atoms with Gasteiger partial charge in [-0.15, -0.1) is 11.3 Å². The van der Waals surface area contributed by atoms with Gasteiger partial charge in [0, 0.05) is 29.0 Å². The number of nitrogens with zero attached hydrogens (tertiary/aromatic N) is 4. The zero-order chi connectivity index (χ0) is 20.4. The van der Waals surface area contributed by atoms with Gasteiger partial charge in [0.15, 0.2) is 4.80 Å². The first-order chi connectivity index (χ1) is 14.0. The van der Waals surface area contributed by atoms with Crippen molar-refractivity contribution in [3.8, 4) is 0 Å². The van der Waals surface area contributed by atoms with Gasteiger partial charge in [0.1, 0.15) is 0 Å². The lowest BCUT2D eigenvalue weighted by Gasteiger charge is -2.07. The number of hydrogen-bond donors (Lipinski definition) is 0. The van der Waals surface area contributed by atoms with Gasteiger partial charge in [-0.2, -0.15) is 10.1 Å². The molecule has 0 aliphatic rings. The molecule has 8 heteroatoms. The minimum absolute atomic E-state index is 0.0125. The standard InChI is InChI=1S/C21H17ClN4O2S/c1-25-20(28)16-8-4-3-7-15(16)18(24-25)12-19(27)23-21-26(10-11-29-21)13-14-6-2-5-9-17(14)22/h2-11H,12-13H2,1H3. The molecule has 2 heterocycles. The Balaban J connectivity index is 1.65. The van der Waals surface area contributed by atoms with Crippen LogP contribution in [0.15, 0.2) is 69.9 Å². The quantitative estimate of drug-likeness (QED) is 0.505. The number of benzene rings is 2. The van der Waals surface area contributed by atoms with Crippen LogP contribution in [-0.4, -0.2) is 20.3 Å². The third-order valence-corrected chi connectivity index (χ3v) is 5.69. The van der Waals surface area contributed by atoms with Gasteiger partial charge in [-0.1, -0.05) is 48.0 Å². The van der Waals surface area contributed by atoms with Crippen molar-refractivity contribution in [1.82, 2.24) is 14.3 Å². The Morgan fingerprint density at radius 3 is 2.66 bits per heavy atom. The monoisotopic (exact) mass is 424 g/mol. The molecule has 0 aliphatic heterocycles. The van der Waals surface area contributed by atoms with Crippen LogP contribution in [0, 0.1) is 0 Å². The molecule has 0 aliphatic carbocycles. The minimum Gasteiger partial charge on any atom is -0.319 e. The van der Waals surface area contributed by atoms with Crippen LogP contribution >= 0.6 is 22.9 Å². The van der Waals surface area contributed by atoms with E-state index in [2.05, 4.69) is 10.1 Å². The Hall–Kier alpha value is -3.03. The van der Waals surface area contributed by atoms with E-state index in [1.54, 1.807) is 25.2 Å². The van der Waals surface area contributed by atoms with Crippen LogP contribution in [0.4, 0.5) is 0 Å². The van der Waals surface area contributed by atoms with Gasteiger partial charge < -0.3 is 4.57 Å². The van der Waals surface area contributed by atoms with E-state index in [0.29, 0.717) is 32.8 Å². The summed E-state index contributed by atoms with van der Waals surface area (Å²) in [6.45, 7) is 0.524. The Labute approximate surface area is 175 Å².